The smallest absolute Gasteiger partial charge is 0.168 e. The predicted molar refractivity (Wildman–Crippen MR) is 88.3 cm³/mol. The molecule has 0 atom stereocenters. The van der Waals surface area contributed by atoms with Gasteiger partial charge in [0.25, 0.3) is 0 Å². The molecule has 0 amide bonds. The molecule has 1 fully saturated rings. The molecule has 1 nitrogen and oxygen atoms in total. The van der Waals surface area contributed by atoms with Crippen LogP contribution >= 0.6 is 27.5 Å². The fraction of sp³-hybridized carbons (Fsp3) is 0.588. The van der Waals surface area contributed by atoms with Crippen LogP contribution in [0, 0.1) is 23.1 Å². The van der Waals surface area contributed by atoms with Crippen LogP contribution in [0.4, 0.5) is 4.39 Å². The van der Waals surface area contributed by atoms with Crippen molar-refractivity contribution in [2.24, 2.45) is 17.3 Å². The van der Waals surface area contributed by atoms with Gasteiger partial charge in [0.1, 0.15) is 5.82 Å². The summed E-state index contributed by atoms with van der Waals surface area (Å²) in [6.45, 7) is 6.73. The highest BCUT2D eigenvalue weighted by molar-refractivity contribution is 9.10. The summed E-state index contributed by atoms with van der Waals surface area (Å²) in [5.41, 5.74) is 0.405. The minimum atomic E-state index is -0.491. The lowest BCUT2D eigenvalue weighted by atomic mass is 9.69. The van der Waals surface area contributed by atoms with Gasteiger partial charge in [0, 0.05) is 10.4 Å². The highest BCUT2D eigenvalue weighted by Crippen LogP contribution is 2.41. The van der Waals surface area contributed by atoms with Crippen LogP contribution in [-0.2, 0) is 0 Å². The van der Waals surface area contributed by atoms with E-state index in [0.29, 0.717) is 15.4 Å². The maximum atomic E-state index is 14.0. The zero-order valence-corrected chi connectivity index (χ0v) is 15.0. The third-order valence-electron chi connectivity index (χ3n) is 4.60. The van der Waals surface area contributed by atoms with E-state index in [4.69, 9.17) is 11.6 Å². The fourth-order valence-corrected chi connectivity index (χ4v) is 3.63. The number of ketones is 1. The maximum absolute atomic E-state index is 14.0. The van der Waals surface area contributed by atoms with E-state index in [9.17, 15) is 9.18 Å². The SMILES string of the molecule is CC(C)(C)C1CCC(C(=O)c2cc(Cl)c(Br)cc2F)CC1. The van der Waals surface area contributed by atoms with E-state index in [-0.39, 0.29) is 22.7 Å². The lowest BCUT2D eigenvalue weighted by Crippen LogP contribution is -2.29. The van der Waals surface area contributed by atoms with Crippen LogP contribution in [0.5, 0.6) is 0 Å². The zero-order chi connectivity index (χ0) is 15.8. The predicted octanol–water partition coefficient (Wildman–Crippen LogP) is 6.28. The zero-order valence-electron chi connectivity index (χ0n) is 12.7. The Morgan fingerprint density at radius 1 is 1.24 bits per heavy atom. The second kappa shape index (κ2) is 6.37. The minimum absolute atomic E-state index is 0.0738. The first kappa shape index (κ1) is 17.0. The molecule has 2 rings (SSSR count). The Bertz CT molecular complexity index is 542. The Balaban J connectivity index is 2.11. The van der Waals surface area contributed by atoms with Crippen molar-refractivity contribution in [2.75, 3.05) is 0 Å². The molecule has 1 aliphatic rings. The molecule has 1 aliphatic carbocycles. The third kappa shape index (κ3) is 3.87. The van der Waals surface area contributed by atoms with Crippen molar-refractivity contribution in [3.8, 4) is 0 Å². The minimum Gasteiger partial charge on any atom is -0.294 e. The number of halogens is 3. The van der Waals surface area contributed by atoms with Gasteiger partial charge in [0.15, 0.2) is 5.78 Å². The molecular weight excluding hydrogens is 355 g/mol. The summed E-state index contributed by atoms with van der Waals surface area (Å²) < 4.78 is 14.5. The molecule has 0 saturated heterocycles. The van der Waals surface area contributed by atoms with Gasteiger partial charge in [-0.25, -0.2) is 4.39 Å². The summed E-state index contributed by atoms with van der Waals surface area (Å²) in [7, 11) is 0. The van der Waals surface area contributed by atoms with Gasteiger partial charge in [-0.3, -0.25) is 4.79 Å². The number of carbonyl (C=O) groups is 1. The van der Waals surface area contributed by atoms with Crippen LogP contribution < -0.4 is 0 Å². The van der Waals surface area contributed by atoms with Crippen LogP contribution in [-0.4, -0.2) is 5.78 Å². The number of hydrogen-bond acceptors (Lipinski definition) is 1. The van der Waals surface area contributed by atoms with Crippen LogP contribution in [0.3, 0.4) is 0 Å². The summed E-state index contributed by atoms with van der Waals surface area (Å²) in [5, 5.41) is 0.378. The average Bonchev–Trinajstić information content (AvgIpc) is 2.41. The van der Waals surface area contributed by atoms with Crippen molar-refractivity contribution in [3.05, 3.63) is 33.0 Å². The molecular formula is C17H21BrClFO. The number of Topliss-reactive ketones (excluding diaryl/α,β-unsaturated/α-hetero) is 1. The van der Waals surface area contributed by atoms with E-state index in [1.807, 2.05) is 0 Å². The van der Waals surface area contributed by atoms with Crippen LogP contribution in [0.25, 0.3) is 0 Å². The second-order valence-corrected chi connectivity index (χ2v) is 8.29. The van der Waals surface area contributed by atoms with Crippen molar-refractivity contribution in [1.82, 2.24) is 0 Å². The molecule has 116 valence electrons. The van der Waals surface area contributed by atoms with Crippen molar-refractivity contribution in [3.63, 3.8) is 0 Å². The van der Waals surface area contributed by atoms with Gasteiger partial charge in [-0.2, -0.15) is 0 Å². The van der Waals surface area contributed by atoms with Crippen LogP contribution in [0.2, 0.25) is 5.02 Å². The van der Waals surface area contributed by atoms with Gasteiger partial charge in [-0.1, -0.05) is 32.4 Å². The normalized spacial score (nSPS) is 23.1. The van der Waals surface area contributed by atoms with E-state index in [1.54, 1.807) is 0 Å². The summed E-state index contributed by atoms with van der Waals surface area (Å²) in [6, 6.07) is 2.72. The first-order valence-electron chi connectivity index (χ1n) is 7.39. The Kier molecular flexibility index (Phi) is 5.15. The number of rotatable bonds is 2. The molecule has 21 heavy (non-hydrogen) atoms. The van der Waals surface area contributed by atoms with Crippen LogP contribution in [0.1, 0.15) is 56.8 Å². The van der Waals surface area contributed by atoms with Crippen molar-refractivity contribution in [1.29, 1.82) is 0 Å². The van der Waals surface area contributed by atoms with Gasteiger partial charge in [0.2, 0.25) is 0 Å². The van der Waals surface area contributed by atoms with E-state index in [1.165, 1.54) is 12.1 Å². The standard InChI is InChI=1S/C17H21BrClFO/c1-17(2,3)11-6-4-10(5-7-11)16(21)12-8-14(19)13(18)9-15(12)20/h8-11H,4-7H2,1-3H3. The number of hydrogen-bond donors (Lipinski definition) is 0. The van der Waals surface area contributed by atoms with Crippen LogP contribution in [0.15, 0.2) is 16.6 Å². The van der Waals surface area contributed by atoms with Gasteiger partial charge in [-0.15, -0.1) is 0 Å². The highest BCUT2D eigenvalue weighted by atomic mass is 79.9. The summed E-state index contributed by atoms with van der Waals surface area (Å²) in [6.07, 6.45) is 3.75. The molecule has 1 saturated carbocycles. The molecule has 1 aromatic rings. The highest BCUT2D eigenvalue weighted by Gasteiger charge is 2.33. The molecule has 0 aromatic heterocycles. The van der Waals surface area contributed by atoms with E-state index < -0.39 is 5.82 Å². The van der Waals surface area contributed by atoms with Gasteiger partial charge in [-0.05, 0) is 65.1 Å². The molecule has 0 radical (unpaired) electrons. The number of carbonyl (C=O) groups excluding carboxylic acids is 1. The summed E-state index contributed by atoms with van der Waals surface area (Å²) >= 11 is 9.16. The van der Waals surface area contributed by atoms with Crippen molar-refractivity contribution in [2.45, 2.75) is 46.5 Å². The third-order valence-corrected chi connectivity index (χ3v) is 5.80. The molecule has 0 bridgehead atoms. The fourth-order valence-electron chi connectivity index (χ4n) is 3.15. The molecule has 0 unspecified atom stereocenters. The lowest BCUT2D eigenvalue weighted by molar-refractivity contribution is 0.0815. The molecule has 0 heterocycles. The quantitative estimate of drug-likeness (QED) is 0.439. The summed E-state index contributed by atoms with van der Waals surface area (Å²) in [4.78, 5) is 12.5. The Morgan fingerprint density at radius 3 is 2.33 bits per heavy atom. The Hall–Kier alpha value is -0.410. The maximum Gasteiger partial charge on any atom is 0.168 e. The Morgan fingerprint density at radius 2 is 1.81 bits per heavy atom. The second-order valence-electron chi connectivity index (χ2n) is 7.02. The van der Waals surface area contributed by atoms with Crippen molar-refractivity contribution < 1.29 is 9.18 Å². The van der Waals surface area contributed by atoms with E-state index in [2.05, 4.69) is 36.7 Å². The van der Waals surface area contributed by atoms with Gasteiger partial charge >= 0.3 is 0 Å². The number of benzene rings is 1. The van der Waals surface area contributed by atoms with Gasteiger partial charge < -0.3 is 0 Å². The first-order valence-corrected chi connectivity index (χ1v) is 8.56. The molecule has 0 aliphatic heterocycles. The molecule has 1 aromatic carbocycles. The molecule has 4 heteroatoms. The molecule has 0 spiro atoms. The average molecular weight is 376 g/mol. The summed E-state index contributed by atoms with van der Waals surface area (Å²) in [5.74, 6) is -0.0290. The monoisotopic (exact) mass is 374 g/mol. The largest absolute Gasteiger partial charge is 0.294 e. The van der Waals surface area contributed by atoms with E-state index in [0.717, 1.165) is 25.7 Å². The topological polar surface area (TPSA) is 17.1 Å². The lowest BCUT2D eigenvalue weighted by Gasteiger charge is -2.36. The van der Waals surface area contributed by atoms with E-state index >= 15 is 0 Å². The first-order chi connectivity index (χ1) is 9.70. The Labute approximate surface area is 139 Å². The van der Waals surface area contributed by atoms with Gasteiger partial charge in [0.05, 0.1) is 10.6 Å². The molecule has 0 N–H and O–H groups in total. The van der Waals surface area contributed by atoms with Crippen molar-refractivity contribution >= 4 is 33.3 Å².